The second-order valence-electron chi connectivity index (χ2n) is 6.58. The summed E-state index contributed by atoms with van der Waals surface area (Å²) in [6.45, 7) is 1.53. The number of aliphatic carboxylic acids is 1. The quantitative estimate of drug-likeness (QED) is 0.358. The first-order valence-electron chi connectivity index (χ1n) is 8.91. The third-order valence-corrected chi connectivity index (χ3v) is 5.62. The summed E-state index contributed by atoms with van der Waals surface area (Å²) in [5.41, 5.74) is 1.24. The first kappa shape index (κ1) is 23.1. The molecule has 1 amide bonds. The largest absolute Gasteiger partial charge is 0.481 e. The van der Waals surface area contributed by atoms with Gasteiger partial charge in [0.1, 0.15) is 11.6 Å². The molecule has 0 spiro atoms. The molecule has 0 aromatic heterocycles. The lowest BCUT2D eigenvalue weighted by molar-refractivity contribution is -0.138. The molecule has 3 aromatic carbocycles. The van der Waals surface area contributed by atoms with Gasteiger partial charge in [0.2, 0.25) is 0 Å². The zero-order chi connectivity index (χ0) is 22.7. The van der Waals surface area contributed by atoms with Gasteiger partial charge in [-0.25, -0.2) is 4.39 Å². The number of benzene rings is 3. The Morgan fingerprint density at radius 2 is 1.68 bits per heavy atom. The van der Waals surface area contributed by atoms with Gasteiger partial charge < -0.3 is 15.2 Å². The normalized spacial score (nSPS) is 11.6. The molecule has 3 rings (SSSR count). The number of rotatable bonds is 6. The van der Waals surface area contributed by atoms with E-state index in [1.165, 1.54) is 43.3 Å². The maximum absolute atomic E-state index is 13.0. The summed E-state index contributed by atoms with van der Waals surface area (Å²) in [6.07, 6.45) is 0. The standard InChI is InChI=1S/C22H15BrCl2FNO4/c1-11(22(29)30)13-8-17(24)20(18(25)9-13)31-15-6-7-19(16(23)10-15)27-21(28)12-2-4-14(26)5-3-12/h2-11H,1H3,(H,27,28)(H,29,30). The van der Waals surface area contributed by atoms with Gasteiger partial charge in [0.25, 0.3) is 5.91 Å². The number of carboxylic acids is 1. The van der Waals surface area contributed by atoms with Crippen LogP contribution in [0.2, 0.25) is 10.0 Å². The van der Waals surface area contributed by atoms with Crippen LogP contribution < -0.4 is 10.1 Å². The summed E-state index contributed by atoms with van der Waals surface area (Å²) in [5.74, 6) is -2.04. The number of anilines is 1. The molecule has 31 heavy (non-hydrogen) atoms. The molecule has 0 aliphatic carbocycles. The Kier molecular flexibility index (Phi) is 7.20. The molecule has 0 radical (unpaired) electrons. The van der Waals surface area contributed by atoms with Crippen molar-refractivity contribution in [3.63, 3.8) is 0 Å². The van der Waals surface area contributed by atoms with E-state index in [0.717, 1.165) is 0 Å². The predicted octanol–water partition coefficient (Wildman–Crippen LogP) is 7.13. The van der Waals surface area contributed by atoms with Crippen molar-refractivity contribution in [2.24, 2.45) is 0 Å². The minimum absolute atomic E-state index is 0.167. The fourth-order valence-electron chi connectivity index (χ4n) is 2.64. The number of carboxylic acid groups (broad SMARTS) is 1. The number of ether oxygens (including phenoxy) is 1. The Bertz CT molecular complexity index is 1130. The monoisotopic (exact) mass is 525 g/mol. The zero-order valence-electron chi connectivity index (χ0n) is 16.0. The topological polar surface area (TPSA) is 75.6 Å². The molecule has 1 unspecified atom stereocenters. The number of hydrogen-bond donors (Lipinski definition) is 2. The molecule has 0 aliphatic rings. The van der Waals surface area contributed by atoms with Crippen LogP contribution in [0, 0.1) is 5.82 Å². The fraction of sp³-hybridized carbons (Fsp3) is 0.0909. The van der Waals surface area contributed by atoms with E-state index in [0.29, 0.717) is 27.0 Å². The second kappa shape index (κ2) is 9.68. The molecule has 160 valence electrons. The van der Waals surface area contributed by atoms with Crippen molar-refractivity contribution < 1.29 is 23.8 Å². The molecule has 0 saturated carbocycles. The van der Waals surface area contributed by atoms with Crippen molar-refractivity contribution in [1.29, 1.82) is 0 Å². The van der Waals surface area contributed by atoms with Crippen molar-refractivity contribution >= 4 is 56.7 Å². The molecule has 0 saturated heterocycles. The number of amides is 1. The Balaban J connectivity index is 1.78. The molecular formula is C22H15BrCl2FNO4. The minimum Gasteiger partial charge on any atom is -0.481 e. The summed E-state index contributed by atoms with van der Waals surface area (Å²) in [6, 6.07) is 13.0. The lowest BCUT2D eigenvalue weighted by atomic mass is 10.0. The maximum atomic E-state index is 13.0. The Morgan fingerprint density at radius 1 is 1.06 bits per heavy atom. The number of hydrogen-bond acceptors (Lipinski definition) is 3. The SMILES string of the molecule is CC(C(=O)O)c1cc(Cl)c(Oc2ccc(NC(=O)c3ccc(F)cc3)c(Br)c2)c(Cl)c1. The average molecular weight is 527 g/mol. The molecule has 3 aromatic rings. The van der Waals surface area contributed by atoms with Crippen molar-refractivity contribution in [1.82, 2.24) is 0 Å². The molecular weight excluding hydrogens is 512 g/mol. The molecule has 9 heteroatoms. The van der Waals surface area contributed by atoms with Crippen LogP contribution in [0.5, 0.6) is 11.5 Å². The van der Waals surface area contributed by atoms with Crippen molar-refractivity contribution in [2.75, 3.05) is 5.32 Å². The van der Waals surface area contributed by atoms with Crippen LogP contribution in [0.25, 0.3) is 0 Å². The zero-order valence-corrected chi connectivity index (χ0v) is 19.1. The van der Waals surface area contributed by atoms with Crippen LogP contribution in [-0.2, 0) is 4.79 Å². The molecule has 2 N–H and O–H groups in total. The van der Waals surface area contributed by atoms with Crippen LogP contribution in [0.3, 0.4) is 0 Å². The van der Waals surface area contributed by atoms with Crippen LogP contribution in [-0.4, -0.2) is 17.0 Å². The van der Waals surface area contributed by atoms with Crippen molar-refractivity contribution in [3.8, 4) is 11.5 Å². The summed E-state index contributed by atoms with van der Waals surface area (Å²) in [4.78, 5) is 23.5. The van der Waals surface area contributed by atoms with E-state index < -0.39 is 23.6 Å². The van der Waals surface area contributed by atoms with Gasteiger partial charge >= 0.3 is 5.97 Å². The van der Waals surface area contributed by atoms with E-state index in [1.807, 2.05) is 0 Å². The minimum atomic E-state index is -0.997. The summed E-state index contributed by atoms with van der Waals surface area (Å²) >= 11 is 15.9. The number of carbonyl (C=O) groups is 2. The van der Waals surface area contributed by atoms with E-state index in [-0.39, 0.29) is 15.8 Å². The highest BCUT2D eigenvalue weighted by Crippen LogP contribution is 2.40. The molecule has 0 aliphatic heterocycles. The van der Waals surface area contributed by atoms with Gasteiger partial charge in [0.15, 0.2) is 5.75 Å². The van der Waals surface area contributed by atoms with E-state index >= 15 is 0 Å². The molecule has 1 atom stereocenters. The van der Waals surface area contributed by atoms with Crippen molar-refractivity contribution in [3.05, 3.63) is 86.1 Å². The van der Waals surface area contributed by atoms with Gasteiger partial charge in [-0.2, -0.15) is 0 Å². The lowest BCUT2D eigenvalue weighted by Crippen LogP contribution is -2.12. The Hall–Kier alpha value is -2.61. The first-order valence-corrected chi connectivity index (χ1v) is 10.5. The van der Waals surface area contributed by atoms with Gasteiger partial charge in [-0.15, -0.1) is 0 Å². The highest BCUT2D eigenvalue weighted by Gasteiger charge is 2.19. The van der Waals surface area contributed by atoms with Crippen LogP contribution in [0.4, 0.5) is 10.1 Å². The average Bonchev–Trinajstić information content (AvgIpc) is 2.72. The number of carbonyl (C=O) groups excluding carboxylic acids is 1. The maximum Gasteiger partial charge on any atom is 0.310 e. The highest BCUT2D eigenvalue weighted by atomic mass is 79.9. The van der Waals surface area contributed by atoms with Crippen LogP contribution >= 0.6 is 39.1 Å². The van der Waals surface area contributed by atoms with E-state index in [4.69, 9.17) is 33.0 Å². The van der Waals surface area contributed by atoms with E-state index in [2.05, 4.69) is 21.2 Å². The first-order chi connectivity index (χ1) is 14.7. The lowest BCUT2D eigenvalue weighted by Gasteiger charge is -2.14. The van der Waals surface area contributed by atoms with Gasteiger partial charge in [-0.3, -0.25) is 9.59 Å². The Morgan fingerprint density at radius 3 is 2.23 bits per heavy atom. The van der Waals surface area contributed by atoms with E-state index in [1.54, 1.807) is 18.2 Å². The third kappa shape index (κ3) is 5.55. The van der Waals surface area contributed by atoms with Gasteiger partial charge in [0.05, 0.1) is 21.7 Å². The van der Waals surface area contributed by atoms with E-state index in [9.17, 15) is 14.0 Å². The van der Waals surface area contributed by atoms with Crippen LogP contribution in [0.15, 0.2) is 59.1 Å². The highest BCUT2D eigenvalue weighted by molar-refractivity contribution is 9.10. The smallest absolute Gasteiger partial charge is 0.310 e. The molecule has 0 bridgehead atoms. The predicted molar refractivity (Wildman–Crippen MR) is 121 cm³/mol. The van der Waals surface area contributed by atoms with Crippen molar-refractivity contribution in [2.45, 2.75) is 12.8 Å². The molecule has 0 heterocycles. The molecule has 0 fully saturated rings. The Labute approximate surface area is 195 Å². The number of halogens is 4. The van der Waals surface area contributed by atoms with Gasteiger partial charge in [-0.1, -0.05) is 23.2 Å². The molecule has 5 nitrogen and oxygen atoms in total. The summed E-state index contributed by atoms with van der Waals surface area (Å²) in [7, 11) is 0. The summed E-state index contributed by atoms with van der Waals surface area (Å²) in [5, 5.41) is 12.2. The van der Waals surface area contributed by atoms with Gasteiger partial charge in [0, 0.05) is 10.0 Å². The van der Waals surface area contributed by atoms with Gasteiger partial charge in [-0.05, 0) is 83.0 Å². The fourth-order valence-corrected chi connectivity index (χ4v) is 3.68. The van der Waals surface area contributed by atoms with Crippen LogP contribution in [0.1, 0.15) is 28.8 Å². The third-order valence-electron chi connectivity index (χ3n) is 4.41. The second-order valence-corrected chi connectivity index (χ2v) is 8.25. The number of nitrogens with one attached hydrogen (secondary N) is 1. The summed E-state index contributed by atoms with van der Waals surface area (Å²) < 4.78 is 19.3.